The van der Waals surface area contributed by atoms with Crippen molar-refractivity contribution in [2.75, 3.05) is 17.2 Å². The molecule has 3 aromatic rings. The van der Waals surface area contributed by atoms with Gasteiger partial charge in [-0.2, -0.15) is 0 Å². The van der Waals surface area contributed by atoms with Gasteiger partial charge in [-0.25, -0.2) is 19.6 Å². The van der Waals surface area contributed by atoms with Gasteiger partial charge in [0.1, 0.15) is 34.1 Å². The number of allylic oxidation sites excluding steroid dienone is 2. The monoisotopic (exact) mass is 683 g/mol. The van der Waals surface area contributed by atoms with Crippen LogP contribution in [0.3, 0.4) is 0 Å². The van der Waals surface area contributed by atoms with E-state index >= 15 is 0 Å². The molecule has 10 N–H and O–H groups in total. The Morgan fingerprint density at radius 2 is 1.98 bits per heavy atom. The molecule has 2 aliphatic heterocycles. The van der Waals surface area contributed by atoms with E-state index in [0.29, 0.717) is 5.57 Å². The normalized spacial score (nSPS) is 18.4. The van der Waals surface area contributed by atoms with E-state index in [1.54, 1.807) is 6.08 Å². The van der Waals surface area contributed by atoms with Crippen molar-refractivity contribution in [3.8, 4) is 11.5 Å². The van der Waals surface area contributed by atoms with Crippen molar-refractivity contribution in [2.45, 2.75) is 24.1 Å². The summed E-state index contributed by atoms with van der Waals surface area (Å²) in [6.45, 7) is 0.186. The number of benzene rings is 1. The van der Waals surface area contributed by atoms with Crippen molar-refractivity contribution >= 4 is 63.5 Å². The number of aromatic nitrogens is 3. The summed E-state index contributed by atoms with van der Waals surface area (Å²) in [6.07, 6.45) is 2.70. The zero-order valence-electron chi connectivity index (χ0n) is 23.8. The molecule has 3 atom stereocenters. The Morgan fingerprint density at radius 1 is 1.21 bits per heavy atom. The Labute approximate surface area is 271 Å². The quantitative estimate of drug-likeness (QED) is 0.0568. The molecule has 2 aromatic heterocycles. The van der Waals surface area contributed by atoms with E-state index in [1.807, 2.05) is 0 Å². The summed E-state index contributed by atoms with van der Waals surface area (Å²) in [5, 5.41) is 53.8. The predicted octanol–water partition coefficient (Wildman–Crippen LogP) is -0.0637. The van der Waals surface area contributed by atoms with Gasteiger partial charge >= 0.3 is 11.9 Å². The van der Waals surface area contributed by atoms with Crippen LogP contribution >= 0.6 is 23.1 Å². The third-order valence-electron chi connectivity index (χ3n) is 6.80. The summed E-state index contributed by atoms with van der Waals surface area (Å²) in [7, 11) is 0. The lowest BCUT2D eigenvalue weighted by molar-refractivity contribution is -0.151. The van der Waals surface area contributed by atoms with Crippen LogP contribution in [0.1, 0.15) is 17.4 Å². The van der Waals surface area contributed by atoms with Crippen LogP contribution in [0.2, 0.25) is 0 Å². The number of β-lactam (4-membered cyclic amide) rings is 1. The molecule has 2 amide bonds. The number of amides is 2. The average molecular weight is 684 g/mol. The Bertz CT molecular complexity index is 1940. The molecule has 0 aliphatic carbocycles. The summed E-state index contributed by atoms with van der Waals surface area (Å²) >= 11 is 2.15. The number of anilines is 2. The number of oxime groups is 1. The number of hydrogen-bond acceptors (Lipinski definition) is 15. The largest absolute Gasteiger partial charge is 0.504 e. The number of nitrogens with one attached hydrogen (secondary N) is 2. The van der Waals surface area contributed by atoms with Crippen molar-refractivity contribution < 1.29 is 44.4 Å². The van der Waals surface area contributed by atoms with E-state index in [-0.39, 0.29) is 45.7 Å². The Morgan fingerprint density at radius 3 is 2.62 bits per heavy atom. The fourth-order valence-corrected chi connectivity index (χ4v) is 6.42. The number of carbonyl (C=O) groups is 4. The molecule has 0 unspecified atom stereocenters. The van der Waals surface area contributed by atoms with Gasteiger partial charge in [0.2, 0.25) is 6.10 Å². The van der Waals surface area contributed by atoms with Gasteiger partial charge in [0, 0.05) is 29.3 Å². The van der Waals surface area contributed by atoms with Crippen LogP contribution in [0.25, 0.3) is 0 Å². The van der Waals surface area contributed by atoms with Crippen LogP contribution in [0.4, 0.5) is 10.9 Å². The minimum Gasteiger partial charge on any atom is -0.504 e. The molecule has 20 heteroatoms. The highest BCUT2D eigenvalue weighted by atomic mass is 32.2. The van der Waals surface area contributed by atoms with Crippen molar-refractivity contribution in [3.05, 3.63) is 76.1 Å². The molecule has 1 fully saturated rings. The van der Waals surface area contributed by atoms with E-state index in [1.165, 1.54) is 46.2 Å². The SMILES string of the molecule is N=c1cc(N)ncn1C/C=C/C1=C(C(=O)O)N2C(=O)[C@@H](NC(=O)/C(=N/O[C@H](C(=O)O)c3ccc(O)c(O)c3)c3csc(N)n3)[C@H]2SC1. The predicted molar refractivity (Wildman–Crippen MR) is 166 cm³/mol. The average Bonchev–Trinajstić information content (AvgIpc) is 3.45. The molecular formula is C27H25N9O9S2. The van der Waals surface area contributed by atoms with Crippen molar-refractivity contribution in [1.82, 2.24) is 24.8 Å². The highest BCUT2D eigenvalue weighted by Gasteiger charge is 2.54. The van der Waals surface area contributed by atoms with E-state index in [0.717, 1.165) is 28.4 Å². The maximum absolute atomic E-state index is 13.4. The first-order chi connectivity index (χ1) is 22.3. The van der Waals surface area contributed by atoms with Gasteiger partial charge in [0.15, 0.2) is 22.3 Å². The lowest BCUT2D eigenvalue weighted by Crippen LogP contribution is -2.71. The Hall–Kier alpha value is -5.89. The van der Waals surface area contributed by atoms with Gasteiger partial charge in [0.05, 0.1) is 6.33 Å². The summed E-state index contributed by atoms with van der Waals surface area (Å²) in [6, 6.07) is 3.35. The lowest BCUT2D eigenvalue weighted by atomic mass is 10.0. The molecular weight excluding hydrogens is 658 g/mol. The van der Waals surface area contributed by atoms with Crippen LogP contribution in [0.5, 0.6) is 11.5 Å². The molecule has 244 valence electrons. The van der Waals surface area contributed by atoms with E-state index in [9.17, 15) is 39.6 Å². The number of hydrogen-bond donors (Lipinski definition) is 8. The maximum Gasteiger partial charge on any atom is 0.352 e. The fourth-order valence-electron chi connectivity index (χ4n) is 4.55. The number of phenols is 2. The van der Waals surface area contributed by atoms with Crippen LogP contribution < -0.4 is 22.3 Å². The molecule has 18 nitrogen and oxygen atoms in total. The van der Waals surface area contributed by atoms with Crippen LogP contribution in [0, 0.1) is 5.41 Å². The number of nitrogens with zero attached hydrogens (tertiary/aromatic N) is 5. The van der Waals surface area contributed by atoms with Crippen LogP contribution in [-0.4, -0.2) is 86.5 Å². The number of nitrogen functional groups attached to an aromatic ring is 2. The van der Waals surface area contributed by atoms with Gasteiger partial charge in [-0.05, 0) is 17.7 Å². The molecule has 0 saturated carbocycles. The number of thiazole rings is 1. The third-order valence-corrected chi connectivity index (χ3v) is 8.78. The van der Waals surface area contributed by atoms with E-state index < -0.39 is 58.5 Å². The van der Waals surface area contributed by atoms with E-state index in [2.05, 4.69) is 20.4 Å². The van der Waals surface area contributed by atoms with Crippen molar-refractivity contribution in [2.24, 2.45) is 5.16 Å². The minimum absolute atomic E-state index is 0.0503. The summed E-state index contributed by atoms with van der Waals surface area (Å²) < 4.78 is 1.47. The maximum atomic E-state index is 13.4. The molecule has 0 spiro atoms. The highest BCUT2D eigenvalue weighted by Crippen LogP contribution is 2.40. The molecule has 0 radical (unpaired) electrons. The number of fused-ring (bicyclic) bond motifs is 1. The van der Waals surface area contributed by atoms with Gasteiger partial charge in [-0.15, -0.1) is 23.1 Å². The molecule has 4 heterocycles. The number of carbonyl (C=O) groups excluding carboxylic acids is 2. The molecule has 2 aliphatic rings. The van der Waals surface area contributed by atoms with Gasteiger partial charge in [0.25, 0.3) is 11.8 Å². The van der Waals surface area contributed by atoms with Gasteiger partial charge in [-0.1, -0.05) is 23.4 Å². The zero-order chi connectivity index (χ0) is 34.0. The molecule has 47 heavy (non-hydrogen) atoms. The first kappa shape index (κ1) is 32.5. The number of rotatable bonds is 11. The van der Waals surface area contributed by atoms with Crippen molar-refractivity contribution in [1.29, 1.82) is 5.41 Å². The molecule has 1 saturated heterocycles. The Balaban J connectivity index is 1.35. The second kappa shape index (κ2) is 13.2. The number of thioether (sulfide) groups is 1. The minimum atomic E-state index is -1.83. The summed E-state index contributed by atoms with van der Waals surface area (Å²) in [4.78, 5) is 65.0. The zero-order valence-corrected chi connectivity index (χ0v) is 25.4. The number of phenolic OH excluding ortho intramolecular Hbond substituents is 2. The number of aromatic hydroxyl groups is 2. The smallest absolute Gasteiger partial charge is 0.352 e. The molecule has 0 bridgehead atoms. The highest BCUT2D eigenvalue weighted by molar-refractivity contribution is 8.00. The van der Waals surface area contributed by atoms with Crippen LogP contribution in [0.15, 0.2) is 64.6 Å². The standard InChI is InChI=1S/C27H25N9O9S2/c28-16-7-17(29)35(10-31-16)5-1-2-12-8-46-24-19(23(40)36(24)20(12)25(41)42)33-22(39)18(13-9-47-27(30)32-13)34-45-21(26(43)44)11-3-4-14(37)15(38)6-11/h1-4,6-7,9-10,19,21,24,29,37-38H,5,8,28H2,(H2,30,32)(H,33,39)(H,41,42)(H,43,44)/b2-1+,29-17?,34-18+/t19-,21+,24-/m1/s1. The van der Waals surface area contributed by atoms with Crippen LogP contribution in [-0.2, 0) is 30.6 Å². The molecule has 5 rings (SSSR count). The number of aliphatic carboxylic acids is 2. The number of carboxylic acid groups (broad SMARTS) is 2. The van der Waals surface area contributed by atoms with E-state index in [4.69, 9.17) is 21.7 Å². The number of nitrogens with two attached hydrogens (primary N) is 2. The summed E-state index contributed by atoms with van der Waals surface area (Å²) in [5.74, 6) is -5.36. The van der Waals surface area contributed by atoms with Gasteiger partial charge < -0.3 is 46.6 Å². The van der Waals surface area contributed by atoms with Gasteiger partial charge in [-0.3, -0.25) is 19.9 Å². The first-order valence-electron chi connectivity index (χ1n) is 13.3. The number of carboxylic acids is 2. The molecule has 1 aromatic carbocycles. The first-order valence-corrected chi connectivity index (χ1v) is 15.2. The Kier molecular flexibility index (Phi) is 9.15. The second-order valence-corrected chi connectivity index (χ2v) is 11.9. The second-order valence-electron chi connectivity index (χ2n) is 9.88. The summed E-state index contributed by atoms with van der Waals surface area (Å²) in [5.41, 5.74) is 10.7. The lowest BCUT2D eigenvalue weighted by Gasteiger charge is -2.49. The fraction of sp³-hybridized carbons (Fsp3) is 0.185. The topological polar surface area (TPSA) is 293 Å². The van der Waals surface area contributed by atoms with Crippen molar-refractivity contribution in [3.63, 3.8) is 0 Å². The third kappa shape index (κ3) is 6.72.